The zero-order valence-corrected chi connectivity index (χ0v) is 18.6. The molecule has 3 aromatic rings. The first-order valence-electron chi connectivity index (χ1n) is 10.8. The van der Waals surface area contributed by atoms with Gasteiger partial charge in [-0.2, -0.15) is 0 Å². The van der Waals surface area contributed by atoms with E-state index in [-0.39, 0.29) is 11.8 Å². The number of carbonyl (C=O) groups excluding carboxylic acids is 1. The van der Waals surface area contributed by atoms with Crippen LogP contribution in [-0.4, -0.2) is 47.1 Å². The van der Waals surface area contributed by atoms with Gasteiger partial charge in [0.05, 0.1) is 5.39 Å². The predicted octanol–water partition coefficient (Wildman–Crippen LogP) is 4.62. The second-order valence-corrected chi connectivity index (χ2v) is 9.62. The Morgan fingerprint density at radius 1 is 1.16 bits per heavy atom. The number of rotatable bonds is 2. The van der Waals surface area contributed by atoms with Crippen LogP contribution in [0.5, 0.6) is 0 Å². The Hall–Kier alpha value is -2.74. The van der Waals surface area contributed by atoms with Gasteiger partial charge in [-0.25, -0.2) is 19.2 Å². The minimum absolute atomic E-state index is 0.155. The Morgan fingerprint density at radius 2 is 1.90 bits per heavy atom. The third-order valence-corrected chi connectivity index (χ3v) is 7.36. The molecule has 1 unspecified atom stereocenters. The molecule has 1 saturated heterocycles. The van der Waals surface area contributed by atoms with Crippen LogP contribution in [0.4, 0.5) is 20.7 Å². The number of aryl methyl sites for hydroxylation is 2. The Bertz CT molecular complexity index is 1120. The highest BCUT2D eigenvalue weighted by Gasteiger charge is 2.28. The Balaban J connectivity index is 1.33. The van der Waals surface area contributed by atoms with E-state index in [1.807, 2.05) is 18.3 Å². The molecule has 0 bridgehead atoms. The zero-order chi connectivity index (χ0) is 21.5. The minimum atomic E-state index is -0.317. The lowest BCUT2D eigenvalue weighted by molar-refractivity contribution is 0.208. The summed E-state index contributed by atoms with van der Waals surface area (Å²) in [6, 6.07) is 5.68. The molecule has 6 nitrogen and oxygen atoms in total. The molecular weight excluding hydrogens is 413 g/mol. The van der Waals surface area contributed by atoms with E-state index in [1.165, 1.54) is 34.4 Å². The van der Waals surface area contributed by atoms with Gasteiger partial charge in [-0.15, -0.1) is 11.3 Å². The van der Waals surface area contributed by atoms with E-state index in [9.17, 15) is 9.18 Å². The fourth-order valence-corrected chi connectivity index (χ4v) is 5.94. The number of anilines is 2. The van der Waals surface area contributed by atoms with Crippen molar-refractivity contribution in [3.63, 3.8) is 0 Å². The van der Waals surface area contributed by atoms with Crippen LogP contribution in [0.25, 0.3) is 10.2 Å². The van der Waals surface area contributed by atoms with Gasteiger partial charge in [0, 0.05) is 36.7 Å². The second-order valence-electron chi connectivity index (χ2n) is 8.54. The molecular formula is C23H26FN5OS. The van der Waals surface area contributed by atoms with Gasteiger partial charge in [-0.3, -0.25) is 0 Å². The standard InChI is InChI=1S/C23H26FN5OS/c1-14-3-8-18-19(13-14)31-22-20(18)21(25-15(2)26-22)28-9-11-29(12-10-28)23(30)27-17-6-4-16(24)5-7-17/h4-7,14H,3,8-13H2,1-2H3,(H,27,30). The quantitative estimate of drug-likeness (QED) is 0.633. The molecule has 2 aromatic heterocycles. The number of nitrogens with one attached hydrogen (secondary N) is 1. The van der Waals surface area contributed by atoms with Crippen molar-refractivity contribution in [3.8, 4) is 0 Å². The zero-order valence-electron chi connectivity index (χ0n) is 17.8. The smallest absolute Gasteiger partial charge is 0.321 e. The normalized spacial score (nSPS) is 18.9. The van der Waals surface area contributed by atoms with Crippen molar-refractivity contribution in [2.45, 2.75) is 33.1 Å². The van der Waals surface area contributed by atoms with Gasteiger partial charge in [0.25, 0.3) is 0 Å². The minimum Gasteiger partial charge on any atom is -0.352 e. The van der Waals surface area contributed by atoms with Crippen LogP contribution in [0.1, 0.15) is 29.6 Å². The van der Waals surface area contributed by atoms with Crippen LogP contribution in [0.3, 0.4) is 0 Å². The second kappa shape index (κ2) is 8.07. The van der Waals surface area contributed by atoms with Crippen LogP contribution in [-0.2, 0) is 12.8 Å². The van der Waals surface area contributed by atoms with Crippen LogP contribution in [0.2, 0.25) is 0 Å². The molecule has 1 aliphatic heterocycles. The molecule has 1 N–H and O–H groups in total. The van der Waals surface area contributed by atoms with Crippen molar-refractivity contribution in [2.24, 2.45) is 5.92 Å². The monoisotopic (exact) mass is 439 g/mol. The summed E-state index contributed by atoms with van der Waals surface area (Å²) in [6.45, 7) is 6.95. The number of piperazine rings is 1. The lowest BCUT2D eigenvalue weighted by atomic mass is 9.89. The first kappa shape index (κ1) is 20.2. The lowest BCUT2D eigenvalue weighted by Crippen LogP contribution is -2.50. The number of aromatic nitrogens is 2. The number of benzene rings is 1. The Morgan fingerprint density at radius 3 is 2.65 bits per heavy atom. The van der Waals surface area contributed by atoms with E-state index in [0.717, 1.165) is 48.3 Å². The van der Waals surface area contributed by atoms with Crippen LogP contribution in [0.15, 0.2) is 24.3 Å². The fraction of sp³-hybridized carbons (Fsp3) is 0.435. The summed E-state index contributed by atoms with van der Waals surface area (Å²) < 4.78 is 13.1. The van der Waals surface area contributed by atoms with Crippen molar-refractivity contribution < 1.29 is 9.18 Å². The van der Waals surface area contributed by atoms with E-state index in [1.54, 1.807) is 17.0 Å². The van der Waals surface area contributed by atoms with Gasteiger partial charge in [0.1, 0.15) is 22.3 Å². The van der Waals surface area contributed by atoms with Crippen molar-refractivity contribution in [2.75, 3.05) is 36.4 Å². The van der Waals surface area contributed by atoms with Crippen LogP contribution >= 0.6 is 11.3 Å². The molecule has 1 atom stereocenters. The summed E-state index contributed by atoms with van der Waals surface area (Å²) in [5, 5.41) is 4.07. The first-order chi connectivity index (χ1) is 15.0. The van der Waals surface area contributed by atoms with E-state index in [2.05, 4.69) is 17.1 Å². The first-order valence-corrected chi connectivity index (χ1v) is 11.6. The third kappa shape index (κ3) is 3.96. The van der Waals surface area contributed by atoms with E-state index < -0.39 is 0 Å². The Labute approximate surface area is 185 Å². The maximum atomic E-state index is 13.1. The molecule has 0 saturated carbocycles. The molecule has 2 amide bonds. The molecule has 1 fully saturated rings. The van der Waals surface area contributed by atoms with Gasteiger partial charge in [0.2, 0.25) is 0 Å². The molecule has 0 spiro atoms. The van der Waals surface area contributed by atoms with Crippen LogP contribution < -0.4 is 10.2 Å². The number of hydrogen-bond donors (Lipinski definition) is 1. The average molecular weight is 440 g/mol. The molecule has 5 rings (SSSR count). The molecule has 162 valence electrons. The number of amides is 2. The molecule has 8 heteroatoms. The summed E-state index contributed by atoms with van der Waals surface area (Å²) in [5.74, 6) is 2.23. The summed E-state index contributed by atoms with van der Waals surface area (Å²) >= 11 is 1.82. The summed E-state index contributed by atoms with van der Waals surface area (Å²) in [6.07, 6.45) is 3.44. The van der Waals surface area contributed by atoms with Crippen molar-refractivity contribution in [1.82, 2.24) is 14.9 Å². The highest BCUT2D eigenvalue weighted by Crippen LogP contribution is 2.41. The third-order valence-electron chi connectivity index (χ3n) is 6.21. The predicted molar refractivity (Wildman–Crippen MR) is 123 cm³/mol. The van der Waals surface area contributed by atoms with E-state index in [0.29, 0.717) is 18.8 Å². The average Bonchev–Trinajstić information content (AvgIpc) is 3.11. The highest BCUT2D eigenvalue weighted by atomic mass is 32.1. The fourth-order valence-electron chi connectivity index (χ4n) is 4.51. The maximum Gasteiger partial charge on any atom is 0.321 e. The van der Waals surface area contributed by atoms with Gasteiger partial charge >= 0.3 is 6.03 Å². The number of thiophene rings is 1. The number of urea groups is 1. The van der Waals surface area contributed by atoms with Crippen molar-refractivity contribution in [3.05, 3.63) is 46.3 Å². The lowest BCUT2D eigenvalue weighted by Gasteiger charge is -2.36. The topological polar surface area (TPSA) is 61.4 Å². The number of hydrogen-bond acceptors (Lipinski definition) is 5. The summed E-state index contributed by atoms with van der Waals surface area (Å²) in [4.78, 5) is 28.9. The van der Waals surface area contributed by atoms with Crippen molar-refractivity contribution in [1.29, 1.82) is 0 Å². The number of halogens is 1. The van der Waals surface area contributed by atoms with Gasteiger partial charge in [0.15, 0.2) is 0 Å². The largest absolute Gasteiger partial charge is 0.352 e. The highest BCUT2D eigenvalue weighted by molar-refractivity contribution is 7.19. The molecule has 1 aliphatic carbocycles. The molecule has 1 aromatic carbocycles. The Kier molecular flexibility index (Phi) is 5.25. The summed E-state index contributed by atoms with van der Waals surface area (Å²) in [7, 11) is 0. The van der Waals surface area contributed by atoms with E-state index >= 15 is 0 Å². The maximum absolute atomic E-state index is 13.1. The molecule has 3 heterocycles. The number of nitrogens with zero attached hydrogens (tertiary/aromatic N) is 4. The summed E-state index contributed by atoms with van der Waals surface area (Å²) in [5.41, 5.74) is 2.03. The van der Waals surface area contributed by atoms with Gasteiger partial charge in [-0.1, -0.05) is 6.92 Å². The molecule has 2 aliphatic rings. The van der Waals surface area contributed by atoms with E-state index in [4.69, 9.17) is 9.97 Å². The van der Waals surface area contributed by atoms with Gasteiger partial charge in [-0.05, 0) is 61.9 Å². The number of fused-ring (bicyclic) bond motifs is 3. The van der Waals surface area contributed by atoms with Crippen molar-refractivity contribution >= 4 is 39.1 Å². The molecule has 0 radical (unpaired) electrons. The SMILES string of the molecule is Cc1nc(N2CCN(C(=O)Nc3ccc(F)cc3)CC2)c2c3c(sc2n1)CC(C)CC3. The number of carbonyl (C=O) groups is 1. The van der Waals surface area contributed by atoms with Gasteiger partial charge < -0.3 is 15.1 Å². The van der Waals surface area contributed by atoms with Crippen LogP contribution in [0, 0.1) is 18.7 Å². The molecule has 31 heavy (non-hydrogen) atoms.